The first kappa shape index (κ1) is 13.3. The highest BCUT2D eigenvalue weighted by Crippen LogP contribution is 2.15. The summed E-state index contributed by atoms with van der Waals surface area (Å²) in [7, 11) is 0. The second-order valence-corrected chi connectivity index (χ2v) is 5.32. The van der Waals surface area contributed by atoms with E-state index in [-0.39, 0.29) is 0 Å². The Bertz CT molecular complexity index is 393. The van der Waals surface area contributed by atoms with Crippen LogP contribution in [0.4, 0.5) is 0 Å². The standard InChI is InChI=1S/C14H23N3O/c1-3-11(2)17-7-5-13(16-17)9-14(18)8-12-4-6-15-10-12/h5,7,11-12,15H,3-4,6,8-10H2,1-2H3. The van der Waals surface area contributed by atoms with Crippen molar-refractivity contribution in [2.75, 3.05) is 13.1 Å². The van der Waals surface area contributed by atoms with Gasteiger partial charge in [0.05, 0.1) is 12.1 Å². The lowest BCUT2D eigenvalue weighted by Gasteiger charge is -2.08. The van der Waals surface area contributed by atoms with Crippen molar-refractivity contribution in [1.29, 1.82) is 0 Å². The maximum absolute atomic E-state index is 11.9. The molecule has 0 aliphatic carbocycles. The Morgan fingerprint density at radius 1 is 1.67 bits per heavy atom. The molecular formula is C14H23N3O. The van der Waals surface area contributed by atoms with Gasteiger partial charge in [-0.3, -0.25) is 9.48 Å². The molecule has 1 aromatic rings. The molecule has 2 heterocycles. The highest BCUT2D eigenvalue weighted by Gasteiger charge is 2.18. The third kappa shape index (κ3) is 3.42. The average molecular weight is 249 g/mol. The third-order valence-corrected chi connectivity index (χ3v) is 3.76. The lowest BCUT2D eigenvalue weighted by molar-refractivity contribution is -0.119. The molecule has 0 saturated carbocycles. The van der Waals surface area contributed by atoms with Crippen molar-refractivity contribution >= 4 is 5.78 Å². The molecule has 4 nitrogen and oxygen atoms in total. The fraction of sp³-hybridized carbons (Fsp3) is 0.714. The van der Waals surface area contributed by atoms with Crippen molar-refractivity contribution in [3.63, 3.8) is 0 Å². The Balaban J connectivity index is 1.84. The van der Waals surface area contributed by atoms with Gasteiger partial charge in [0.25, 0.3) is 0 Å². The van der Waals surface area contributed by atoms with E-state index in [1.807, 2.05) is 16.9 Å². The summed E-state index contributed by atoms with van der Waals surface area (Å²) in [6.45, 7) is 6.33. The number of carbonyl (C=O) groups is 1. The summed E-state index contributed by atoms with van der Waals surface area (Å²) in [6, 6.07) is 2.38. The molecule has 0 spiro atoms. The van der Waals surface area contributed by atoms with E-state index in [4.69, 9.17) is 0 Å². The molecule has 0 radical (unpaired) electrons. The number of hydrogen-bond acceptors (Lipinski definition) is 3. The van der Waals surface area contributed by atoms with Crippen molar-refractivity contribution in [2.24, 2.45) is 5.92 Å². The van der Waals surface area contributed by atoms with Gasteiger partial charge in [-0.15, -0.1) is 0 Å². The average Bonchev–Trinajstić information content (AvgIpc) is 2.99. The topological polar surface area (TPSA) is 46.9 Å². The molecule has 18 heavy (non-hydrogen) atoms. The van der Waals surface area contributed by atoms with Crippen LogP contribution in [0.15, 0.2) is 12.3 Å². The van der Waals surface area contributed by atoms with E-state index in [2.05, 4.69) is 24.3 Å². The molecule has 1 aliphatic heterocycles. The van der Waals surface area contributed by atoms with Crippen LogP contribution in [-0.2, 0) is 11.2 Å². The van der Waals surface area contributed by atoms with Gasteiger partial charge in [0, 0.05) is 18.7 Å². The van der Waals surface area contributed by atoms with Gasteiger partial charge in [-0.05, 0) is 44.8 Å². The predicted octanol–water partition coefficient (Wildman–Crippen LogP) is 1.97. The summed E-state index contributed by atoms with van der Waals surface area (Å²) >= 11 is 0. The van der Waals surface area contributed by atoms with Crippen molar-refractivity contribution in [3.05, 3.63) is 18.0 Å². The van der Waals surface area contributed by atoms with Crippen LogP contribution in [0.5, 0.6) is 0 Å². The zero-order chi connectivity index (χ0) is 13.0. The maximum atomic E-state index is 11.9. The molecule has 2 atom stereocenters. The molecular weight excluding hydrogens is 226 g/mol. The Morgan fingerprint density at radius 2 is 2.50 bits per heavy atom. The van der Waals surface area contributed by atoms with E-state index in [1.165, 1.54) is 0 Å². The minimum atomic E-state index is 0.318. The summed E-state index contributed by atoms with van der Waals surface area (Å²) in [6.07, 6.45) is 5.35. The fourth-order valence-corrected chi connectivity index (χ4v) is 2.39. The number of nitrogens with one attached hydrogen (secondary N) is 1. The fourth-order valence-electron chi connectivity index (χ4n) is 2.39. The molecule has 0 bridgehead atoms. The maximum Gasteiger partial charge on any atom is 0.139 e. The molecule has 1 N–H and O–H groups in total. The lowest BCUT2D eigenvalue weighted by atomic mass is 10.00. The number of hydrogen-bond donors (Lipinski definition) is 1. The first-order chi connectivity index (χ1) is 8.69. The molecule has 100 valence electrons. The monoisotopic (exact) mass is 249 g/mol. The summed E-state index contributed by atoms with van der Waals surface area (Å²) < 4.78 is 1.96. The summed E-state index contributed by atoms with van der Waals surface area (Å²) in [5.74, 6) is 0.854. The smallest absolute Gasteiger partial charge is 0.139 e. The highest BCUT2D eigenvalue weighted by molar-refractivity contribution is 5.80. The van der Waals surface area contributed by atoms with Crippen LogP contribution in [-0.4, -0.2) is 28.7 Å². The van der Waals surface area contributed by atoms with E-state index in [0.29, 0.717) is 30.6 Å². The molecule has 1 aliphatic rings. The van der Waals surface area contributed by atoms with Crippen LogP contribution < -0.4 is 5.32 Å². The van der Waals surface area contributed by atoms with E-state index < -0.39 is 0 Å². The van der Waals surface area contributed by atoms with Gasteiger partial charge in [0.15, 0.2) is 0 Å². The molecule has 2 rings (SSSR count). The van der Waals surface area contributed by atoms with E-state index >= 15 is 0 Å². The van der Waals surface area contributed by atoms with Gasteiger partial charge in [-0.25, -0.2) is 0 Å². The number of ketones is 1. The summed E-state index contributed by atoms with van der Waals surface area (Å²) in [5, 5.41) is 7.77. The molecule has 1 aromatic heterocycles. The van der Waals surface area contributed by atoms with Gasteiger partial charge in [-0.1, -0.05) is 6.92 Å². The predicted molar refractivity (Wildman–Crippen MR) is 71.5 cm³/mol. The lowest BCUT2D eigenvalue weighted by Crippen LogP contribution is -2.14. The summed E-state index contributed by atoms with van der Waals surface area (Å²) in [5.41, 5.74) is 0.909. The van der Waals surface area contributed by atoms with Gasteiger partial charge in [-0.2, -0.15) is 5.10 Å². The first-order valence-corrected chi connectivity index (χ1v) is 6.95. The van der Waals surface area contributed by atoms with E-state index in [0.717, 1.165) is 31.6 Å². The minimum absolute atomic E-state index is 0.318. The number of nitrogens with zero attached hydrogens (tertiary/aromatic N) is 2. The Kier molecular flexibility index (Phi) is 4.53. The minimum Gasteiger partial charge on any atom is -0.316 e. The third-order valence-electron chi connectivity index (χ3n) is 3.76. The number of carbonyl (C=O) groups excluding carboxylic acids is 1. The molecule has 2 unspecified atom stereocenters. The Labute approximate surface area is 109 Å². The zero-order valence-electron chi connectivity index (χ0n) is 11.4. The zero-order valence-corrected chi connectivity index (χ0v) is 11.4. The number of Topliss-reactive ketones (excluding diaryl/α,β-unsaturated/α-hetero) is 1. The van der Waals surface area contributed by atoms with Crippen LogP contribution in [0.3, 0.4) is 0 Å². The van der Waals surface area contributed by atoms with Crippen molar-refractivity contribution in [3.8, 4) is 0 Å². The van der Waals surface area contributed by atoms with Gasteiger partial charge in [0.1, 0.15) is 5.78 Å². The normalized spacial score (nSPS) is 21.1. The van der Waals surface area contributed by atoms with Gasteiger partial charge < -0.3 is 5.32 Å². The molecule has 0 amide bonds. The molecule has 4 heteroatoms. The quantitative estimate of drug-likeness (QED) is 0.838. The van der Waals surface area contributed by atoms with Crippen molar-refractivity contribution in [2.45, 2.75) is 45.6 Å². The van der Waals surface area contributed by atoms with Crippen LogP contribution in [0.25, 0.3) is 0 Å². The second-order valence-electron chi connectivity index (χ2n) is 5.32. The molecule has 1 fully saturated rings. The van der Waals surface area contributed by atoms with Crippen molar-refractivity contribution in [1.82, 2.24) is 15.1 Å². The number of rotatable bonds is 6. The number of aromatic nitrogens is 2. The Morgan fingerprint density at radius 3 is 3.17 bits per heavy atom. The first-order valence-electron chi connectivity index (χ1n) is 6.95. The van der Waals surface area contributed by atoms with E-state index in [1.54, 1.807) is 0 Å². The summed E-state index contributed by atoms with van der Waals surface area (Å²) in [4.78, 5) is 11.9. The van der Waals surface area contributed by atoms with Crippen LogP contribution >= 0.6 is 0 Å². The molecule has 1 saturated heterocycles. The van der Waals surface area contributed by atoms with Gasteiger partial charge in [0.2, 0.25) is 0 Å². The SMILES string of the molecule is CCC(C)n1ccc(CC(=O)CC2CCNC2)n1. The van der Waals surface area contributed by atoms with Crippen LogP contribution in [0.1, 0.15) is 44.8 Å². The largest absolute Gasteiger partial charge is 0.316 e. The van der Waals surface area contributed by atoms with Gasteiger partial charge >= 0.3 is 0 Å². The van der Waals surface area contributed by atoms with Crippen LogP contribution in [0.2, 0.25) is 0 Å². The van der Waals surface area contributed by atoms with Crippen molar-refractivity contribution < 1.29 is 4.79 Å². The Hall–Kier alpha value is -1.16. The van der Waals surface area contributed by atoms with E-state index in [9.17, 15) is 4.79 Å². The molecule has 0 aromatic carbocycles. The highest BCUT2D eigenvalue weighted by atomic mass is 16.1. The second kappa shape index (κ2) is 6.14. The van der Waals surface area contributed by atoms with Crippen LogP contribution in [0, 0.1) is 5.92 Å².